The lowest BCUT2D eigenvalue weighted by Crippen LogP contribution is -1.97. The second-order valence-corrected chi connectivity index (χ2v) is 4.36. The Morgan fingerprint density at radius 1 is 1.05 bits per heavy atom. The molecule has 2 aromatic carbocycles. The van der Waals surface area contributed by atoms with Crippen LogP contribution < -0.4 is 5.73 Å². The molecule has 0 aliphatic heterocycles. The van der Waals surface area contributed by atoms with Gasteiger partial charge in [0.15, 0.2) is 0 Å². The van der Waals surface area contributed by atoms with E-state index in [-0.39, 0.29) is 5.56 Å². The van der Waals surface area contributed by atoms with Gasteiger partial charge in [-0.1, -0.05) is 0 Å². The lowest BCUT2D eigenvalue weighted by molar-refractivity contribution is 0.0697. The summed E-state index contributed by atoms with van der Waals surface area (Å²) in [5.41, 5.74) is 8.72. The lowest BCUT2D eigenvalue weighted by atomic mass is 10.2. The molecule has 0 saturated heterocycles. The number of carboxylic acids is 1. The number of carboxylic acid groups (broad SMARTS) is 1. The fourth-order valence-electron chi connectivity index (χ4n) is 2.15. The van der Waals surface area contributed by atoms with E-state index in [0.717, 1.165) is 22.3 Å². The van der Waals surface area contributed by atoms with Gasteiger partial charge in [0.1, 0.15) is 0 Å². The zero-order valence-corrected chi connectivity index (χ0v) is 10.1. The van der Waals surface area contributed by atoms with Gasteiger partial charge in [-0.15, -0.1) is 0 Å². The molecule has 1 heterocycles. The zero-order chi connectivity index (χ0) is 13.4. The maximum absolute atomic E-state index is 10.8. The molecule has 0 unspecified atom stereocenters. The smallest absolute Gasteiger partial charge is 0.335 e. The second kappa shape index (κ2) is 4.17. The summed E-state index contributed by atoms with van der Waals surface area (Å²) in [6, 6.07) is 14.5. The standard InChI is InChI=1S/C15H12N2O2/c16-12-3-6-14-11(9-12)7-8-17(14)13-4-1-10(2-5-13)15(18)19/h1-9H,16H2,(H,18,19). The van der Waals surface area contributed by atoms with Crippen LogP contribution in [0.5, 0.6) is 0 Å². The highest BCUT2D eigenvalue weighted by Crippen LogP contribution is 2.22. The van der Waals surface area contributed by atoms with Crippen molar-refractivity contribution < 1.29 is 9.90 Å². The quantitative estimate of drug-likeness (QED) is 0.689. The maximum atomic E-state index is 10.8. The van der Waals surface area contributed by atoms with Crippen molar-refractivity contribution >= 4 is 22.6 Å². The molecular weight excluding hydrogens is 240 g/mol. The van der Waals surface area contributed by atoms with Gasteiger partial charge in [-0.2, -0.15) is 0 Å². The Hall–Kier alpha value is -2.75. The molecule has 0 aliphatic rings. The molecule has 3 aromatic rings. The minimum Gasteiger partial charge on any atom is -0.478 e. The lowest BCUT2D eigenvalue weighted by Gasteiger charge is -2.06. The summed E-state index contributed by atoms with van der Waals surface area (Å²) in [7, 11) is 0. The molecule has 0 spiro atoms. The van der Waals surface area contributed by atoms with Crippen molar-refractivity contribution in [2.45, 2.75) is 0 Å². The largest absolute Gasteiger partial charge is 0.478 e. The van der Waals surface area contributed by atoms with E-state index in [0.29, 0.717) is 0 Å². The van der Waals surface area contributed by atoms with Crippen molar-refractivity contribution in [3.8, 4) is 5.69 Å². The van der Waals surface area contributed by atoms with Crippen molar-refractivity contribution in [1.29, 1.82) is 0 Å². The highest BCUT2D eigenvalue weighted by molar-refractivity contribution is 5.88. The first-order chi connectivity index (χ1) is 9.15. The Kier molecular flexibility index (Phi) is 2.49. The monoisotopic (exact) mass is 252 g/mol. The van der Waals surface area contributed by atoms with Crippen LogP contribution in [0, 0.1) is 0 Å². The molecule has 0 fully saturated rings. The van der Waals surface area contributed by atoms with E-state index in [4.69, 9.17) is 10.8 Å². The molecule has 1 aromatic heterocycles. The van der Waals surface area contributed by atoms with Crippen LogP contribution in [0.2, 0.25) is 0 Å². The van der Waals surface area contributed by atoms with Crippen LogP contribution in [0.4, 0.5) is 5.69 Å². The van der Waals surface area contributed by atoms with Gasteiger partial charge in [-0.05, 0) is 48.5 Å². The summed E-state index contributed by atoms with van der Waals surface area (Å²) in [6.07, 6.45) is 1.94. The van der Waals surface area contributed by atoms with Crippen LogP contribution >= 0.6 is 0 Å². The van der Waals surface area contributed by atoms with Gasteiger partial charge in [0.2, 0.25) is 0 Å². The van der Waals surface area contributed by atoms with Gasteiger partial charge in [-0.25, -0.2) is 4.79 Å². The molecular formula is C15H12N2O2. The SMILES string of the molecule is Nc1ccc2c(ccn2-c2ccc(C(=O)O)cc2)c1. The van der Waals surface area contributed by atoms with E-state index in [1.807, 2.05) is 35.0 Å². The highest BCUT2D eigenvalue weighted by Gasteiger charge is 2.05. The number of rotatable bonds is 2. The summed E-state index contributed by atoms with van der Waals surface area (Å²) in [5, 5.41) is 9.95. The summed E-state index contributed by atoms with van der Waals surface area (Å²) >= 11 is 0. The molecule has 3 N–H and O–H groups in total. The third-order valence-electron chi connectivity index (χ3n) is 3.11. The van der Waals surface area contributed by atoms with Crippen LogP contribution in [-0.2, 0) is 0 Å². The molecule has 0 atom stereocenters. The van der Waals surface area contributed by atoms with Crippen molar-refractivity contribution in [2.24, 2.45) is 0 Å². The van der Waals surface area contributed by atoms with Crippen molar-refractivity contribution in [2.75, 3.05) is 5.73 Å². The normalized spacial score (nSPS) is 10.7. The van der Waals surface area contributed by atoms with E-state index in [2.05, 4.69) is 0 Å². The highest BCUT2D eigenvalue weighted by atomic mass is 16.4. The van der Waals surface area contributed by atoms with Gasteiger partial charge in [0.25, 0.3) is 0 Å². The maximum Gasteiger partial charge on any atom is 0.335 e. The number of nitrogens with two attached hydrogens (primary N) is 1. The molecule has 0 aliphatic carbocycles. The van der Waals surface area contributed by atoms with E-state index in [1.165, 1.54) is 0 Å². The van der Waals surface area contributed by atoms with Gasteiger partial charge in [0, 0.05) is 23.0 Å². The Bertz CT molecular complexity index is 757. The molecule has 0 amide bonds. The molecule has 4 heteroatoms. The Labute approximate surface area is 109 Å². The molecule has 19 heavy (non-hydrogen) atoms. The first kappa shape index (κ1) is 11.3. The van der Waals surface area contributed by atoms with Gasteiger partial charge in [-0.3, -0.25) is 0 Å². The number of benzene rings is 2. The van der Waals surface area contributed by atoms with Crippen molar-refractivity contribution in [1.82, 2.24) is 4.57 Å². The topological polar surface area (TPSA) is 68.2 Å². The summed E-state index contributed by atoms with van der Waals surface area (Å²) < 4.78 is 2.00. The van der Waals surface area contributed by atoms with Gasteiger partial charge < -0.3 is 15.4 Å². The van der Waals surface area contributed by atoms with Crippen LogP contribution in [0.3, 0.4) is 0 Å². The minimum atomic E-state index is -0.920. The van der Waals surface area contributed by atoms with E-state index < -0.39 is 5.97 Å². The Morgan fingerprint density at radius 2 is 1.79 bits per heavy atom. The first-order valence-corrected chi connectivity index (χ1v) is 5.85. The van der Waals surface area contributed by atoms with E-state index in [9.17, 15) is 4.79 Å². The predicted molar refractivity (Wildman–Crippen MR) is 74.6 cm³/mol. The third-order valence-corrected chi connectivity index (χ3v) is 3.11. The zero-order valence-electron chi connectivity index (χ0n) is 10.1. The number of carbonyl (C=O) groups is 1. The number of nitrogens with zero attached hydrogens (tertiary/aromatic N) is 1. The Morgan fingerprint density at radius 3 is 2.47 bits per heavy atom. The van der Waals surface area contributed by atoms with Gasteiger partial charge >= 0.3 is 5.97 Å². The average Bonchev–Trinajstić information content (AvgIpc) is 2.81. The molecule has 0 radical (unpaired) electrons. The minimum absolute atomic E-state index is 0.282. The van der Waals surface area contributed by atoms with Crippen molar-refractivity contribution in [3.63, 3.8) is 0 Å². The van der Waals surface area contributed by atoms with Crippen LogP contribution in [0.15, 0.2) is 54.7 Å². The number of anilines is 1. The Balaban J connectivity index is 2.11. The second-order valence-electron chi connectivity index (χ2n) is 4.36. The van der Waals surface area contributed by atoms with Gasteiger partial charge in [0.05, 0.1) is 11.1 Å². The summed E-state index contributed by atoms with van der Waals surface area (Å²) in [4.78, 5) is 10.8. The van der Waals surface area contributed by atoms with Crippen LogP contribution in [-0.4, -0.2) is 15.6 Å². The number of hydrogen-bond acceptors (Lipinski definition) is 2. The van der Waals surface area contributed by atoms with E-state index >= 15 is 0 Å². The third kappa shape index (κ3) is 1.93. The number of fused-ring (bicyclic) bond motifs is 1. The van der Waals surface area contributed by atoms with Crippen molar-refractivity contribution in [3.05, 3.63) is 60.3 Å². The fourth-order valence-corrected chi connectivity index (χ4v) is 2.15. The average molecular weight is 252 g/mol. The number of hydrogen-bond donors (Lipinski definition) is 2. The molecule has 0 bridgehead atoms. The summed E-state index contributed by atoms with van der Waals surface area (Å²) in [6.45, 7) is 0. The summed E-state index contributed by atoms with van der Waals surface area (Å²) in [5.74, 6) is -0.920. The number of aromatic nitrogens is 1. The van der Waals surface area contributed by atoms with Crippen LogP contribution in [0.25, 0.3) is 16.6 Å². The molecule has 4 nitrogen and oxygen atoms in total. The van der Waals surface area contributed by atoms with E-state index in [1.54, 1.807) is 24.3 Å². The number of nitrogen functional groups attached to an aromatic ring is 1. The predicted octanol–water partition coefficient (Wildman–Crippen LogP) is 2.91. The molecule has 3 rings (SSSR count). The molecule has 0 saturated carbocycles. The van der Waals surface area contributed by atoms with Crippen LogP contribution in [0.1, 0.15) is 10.4 Å². The molecule has 94 valence electrons. The fraction of sp³-hybridized carbons (Fsp3) is 0. The number of aromatic carboxylic acids is 1. The first-order valence-electron chi connectivity index (χ1n) is 5.85.